The van der Waals surface area contributed by atoms with Gasteiger partial charge in [-0.25, -0.2) is 0 Å². The Balaban J connectivity index is 1.97. The standard InChI is InChI=1S/C17H26N4/c1-5-16-15(17(6-2)21(4)20-16)12-19-11-13(3)14-7-9-18-10-8-14/h7-10,13,19H,5-6,11-12H2,1-4H3/t13-/m1/s1. The molecule has 0 bridgehead atoms. The molecule has 2 aromatic heterocycles. The Morgan fingerprint density at radius 2 is 1.90 bits per heavy atom. The minimum absolute atomic E-state index is 0.486. The first-order valence-corrected chi connectivity index (χ1v) is 7.81. The molecule has 21 heavy (non-hydrogen) atoms. The zero-order valence-electron chi connectivity index (χ0n) is 13.6. The molecule has 0 radical (unpaired) electrons. The first-order chi connectivity index (χ1) is 10.2. The molecule has 0 aliphatic heterocycles. The fraction of sp³-hybridized carbons (Fsp3) is 0.529. The van der Waals surface area contributed by atoms with Crippen molar-refractivity contribution in [3.8, 4) is 0 Å². The Morgan fingerprint density at radius 3 is 2.52 bits per heavy atom. The van der Waals surface area contributed by atoms with E-state index in [-0.39, 0.29) is 0 Å². The zero-order chi connectivity index (χ0) is 15.2. The summed E-state index contributed by atoms with van der Waals surface area (Å²) < 4.78 is 2.03. The van der Waals surface area contributed by atoms with Crippen LogP contribution in [-0.4, -0.2) is 21.3 Å². The molecular weight excluding hydrogens is 260 g/mol. The lowest BCUT2D eigenvalue weighted by molar-refractivity contribution is 0.609. The van der Waals surface area contributed by atoms with E-state index in [1.54, 1.807) is 0 Å². The minimum atomic E-state index is 0.486. The van der Waals surface area contributed by atoms with Crippen LogP contribution in [0.4, 0.5) is 0 Å². The third kappa shape index (κ3) is 3.70. The van der Waals surface area contributed by atoms with Crippen LogP contribution in [0.5, 0.6) is 0 Å². The average Bonchev–Trinajstić information content (AvgIpc) is 2.83. The van der Waals surface area contributed by atoms with Gasteiger partial charge in [0.15, 0.2) is 0 Å². The molecule has 0 aliphatic rings. The Bertz CT molecular complexity index is 560. The molecule has 0 saturated carbocycles. The highest BCUT2D eigenvalue weighted by Gasteiger charge is 2.13. The summed E-state index contributed by atoms with van der Waals surface area (Å²) in [6.45, 7) is 8.47. The lowest BCUT2D eigenvalue weighted by Gasteiger charge is -2.13. The van der Waals surface area contributed by atoms with Crippen molar-refractivity contribution >= 4 is 0 Å². The number of aryl methyl sites for hydroxylation is 2. The van der Waals surface area contributed by atoms with Crippen molar-refractivity contribution < 1.29 is 0 Å². The van der Waals surface area contributed by atoms with Crippen molar-refractivity contribution in [2.45, 2.75) is 46.1 Å². The van der Waals surface area contributed by atoms with E-state index in [2.05, 4.69) is 48.3 Å². The Hall–Kier alpha value is -1.68. The summed E-state index contributed by atoms with van der Waals surface area (Å²) in [5.41, 5.74) is 5.27. The molecule has 2 aromatic rings. The molecule has 2 rings (SSSR count). The SMILES string of the molecule is CCc1nn(C)c(CC)c1CNC[C@@H](C)c1ccncc1. The minimum Gasteiger partial charge on any atom is -0.312 e. The summed E-state index contributed by atoms with van der Waals surface area (Å²) >= 11 is 0. The maximum absolute atomic E-state index is 4.62. The summed E-state index contributed by atoms with van der Waals surface area (Å²) in [4.78, 5) is 4.07. The molecule has 1 N–H and O–H groups in total. The number of nitrogens with one attached hydrogen (secondary N) is 1. The summed E-state index contributed by atoms with van der Waals surface area (Å²) in [5.74, 6) is 0.486. The number of nitrogens with zero attached hydrogens (tertiary/aromatic N) is 3. The highest BCUT2D eigenvalue weighted by molar-refractivity contribution is 5.26. The number of hydrogen-bond donors (Lipinski definition) is 1. The smallest absolute Gasteiger partial charge is 0.0669 e. The molecule has 114 valence electrons. The quantitative estimate of drug-likeness (QED) is 0.851. The van der Waals surface area contributed by atoms with Gasteiger partial charge in [0.2, 0.25) is 0 Å². The molecule has 0 aromatic carbocycles. The van der Waals surface area contributed by atoms with Gasteiger partial charge in [0, 0.05) is 43.8 Å². The molecular formula is C17H26N4. The first kappa shape index (κ1) is 15.7. The lowest BCUT2D eigenvalue weighted by Crippen LogP contribution is -2.21. The van der Waals surface area contributed by atoms with E-state index in [0.717, 1.165) is 25.9 Å². The summed E-state index contributed by atoms with van der Waals surface area (Å²) in [6.07, 6.45) is 5.74. The van der Waals surface area contributed by atoms with Crippen molar-refractivity contribution in [2.75, 3.05) is 6.54 Å². The van der Waals surface area contributed by atoms with Crippen molar-refractivity contribution in [1.29, 1.82) is 0 Å². The third-order valence-corrected chi connectivity index (χ3v) is 4.06. The van der Waals surface area contributed by atoms with Crippen molar-refractivity contribution in [3.63, 3.8) is 0 Å². The van der Waals surface area contributed by atoms with Crippen LogP contribution in [0, 0.1) is 0 Å². The molecule has 1 atom stereocenters. The second-order valence-corrected chi connectivity index (χ2v) is 5.52. The Labute approximate surface area is 127 Å². The summed E-state index contributed by atoms with van der Waals surface area (Å²) in [5, 5.41) is 8.21. The fourth-order valence-electron chi connectivity index (χ4n) is 2.82. The van der Waals surface area contributed by atoms with Gasteiger partial charge in [-0.3, -0.25) is 9.67 Å². The van der Waals surface area contributed by atoms with Crippen LogP contribution in [0.2, 0.25) is 0 Å². The molecule has 0 unspecified atom stereocenters. The van der Waals surface area contributed by atoms with Gasteiger partial charge in [-0.05, 0) is 36.5 Å². The molecule has 0 saturated heterocycles. The predicted molar refractivity (Wildman–Crippen MR) is 86.3 cm³/mol. The van der Waals surface area contributed by atoms with Gasteiger partial charge in [0.1, 0.15) is 0 Å². The molecule has 4 nitrogen and oxygen atoms in total. The number of pyridine rings is 1. The lowest BCUT2D eigenvalue weighted by atomic mass is 10.0. The number of aromatic nitrogens is 3. The number of rotatable bonds is 7. The van der Waals surface area contributed by atoms with Gasteiger partial charge in [0.25, 0.3) is 0 Å². The van der Waals surface area contributed by atoms with E-state index in [9.17, 15) is 0 Å². The second-order valence-electron chi connectivity index (χ2n) is 5.52. The van der Waals surface area contributed by atoms with Crippen molar-refractivity contribution in [2.24, 2.45) is 7.05 Å². The first-order valence-electron chi connectivity index (χ1n) is 7.81. The van der Waals surface area contributed by atoms with E-state index in [0.29, 0.717) is 5.92 Å². The molecule has 0 fully saturated rings. The topological polar surface area (TPSA) is 42.7 Å². The van der Waals surface area contributed by atoms with Crippen LogP contribution in [0.3, 0.4) is 0 Å². The van der Waals surface area contributed by atoms with E-state index in [4.69, 9.17) is 0 Å². The molecule has 0 amide bonds. The van der Waals surface area contributed by atoms with Crippen molar-refractivity contribution in [3.05, 3.63) is 47.0 Å². The van der Waals surface area contributed by atoms with Gasteiger partial charge < -0.3 is 5.32 Å². The van der Waals surface area contributed by atoms with Gasteiger partial charge in [0.05, 0.1) is 5.69 Å². The van der Waals surface area contributed by atoms with Gasteiger partial charge in [-0.15, -0.1) is 0 Å². The largest absolute Gasteiger partial charge is 0.312 e. The van der Waals surface area contributed by atoms with Crippen LogP contribution in [0.15, 0.2) is 24.5 Å². The Kier molecular flexibility index (Phi) is 5.51. The van der Waals surface area contributed by atoms with E-state index >= 15 is 0 Å². The molecule has 4 heteroatoms. The van der Waals surface area contributed by atoms with Crippen LogP contribution >= 0.6 is 0 Å². The van der Waals surface area contributed by atoms with Gasteiger partial charge in [-0.2, -0.15) is 5.10 Å². The Morgan fingerprint density at radius 1 is 1.19 bits per heavy atom. The maximum atomic E-state index is 4.62. The fourth-order valence-corrected chi connectivity index (χ4v) is 2.82. The molecule has 2 heterocycles. The van der Waals surface area contributed by atoms with Crippen LogP contribution in [0.1, 0.15) is 49.2 Å². The van der Waals surface area contributed by atoms with Gasteiger partial charge in [-0.1, -0.05) is 20.8 Å². The van der Waals surface area contributed by atoms with Gasteiger partial charge >= 0.3 is 0 Å². The normalized spacial score (nSPS) is 12.6. The third-order valence-electron chi connectivity index (χ3n) is 4.06. The van der Waals surface area contributed by atoms with Crippen molar-refractivity contribution in [1.82, 2.24) is 20.1 Å². The molecule has 0 aliphatic carbocycles. The zero-order valence-corrected chi connectivity index (χ0v) is 13.6. The maximum Gasteiger partial charge on any atom is 0.0669 e. The monoisotopic (exact) mass is 286 g/mol. The summed E-state index contributed by atoms with van der Waals surface area (Å²) in [7, 11) is 2.04. The van der Waals surface area contributed by atoms with Crippen LogP contribution < -0.4 is 5.32 Å². The second kappa shape index (κ2) is 7.36. The number of hydrogen-bond acceptors (Lipinski definition) is 3. The van der Waals surface area contributed by atoms with E-state index in [1.807, 2.05) is 24.1 Å². The highest BCUT2D eigenvalue weighted by atomic mass is 15.3. The van der Waals surface area contributed by atoms with Crippen LogP contribution in [-0.2, 0) is 26.4 Å². The summed E-state index contributed by atoms with van der Waals surface area (Å²) in [6, 6.07) is 4.18. The predicted octanol–water partition coefficient (Wildman–Crippen LogP) is 2.83. The highest BCUT2D eigenvalue weighted by Crippen LogP contribution is 2.16. The van der Waals surface area contributed by atoms with E-state index in [1.165, 1.54) is 22.5 Å². The van der Waals surface area contributed by atoms with Crippen LogP contribution in [0.25, 0.3) is 0 Å². The molecule has 0 spiro atoms. The average molecular weight is 286 g/mol. The van der Waals surface area contributed by atoms with E-state index < -0.39 is 0 Å².